The van der Waals surface area contributed by atoms with E-state index in [-0.39, 0.29) is 12.3 Å². The maximum Gasteiger partial charge on any atom is 0.431 e. The fourth-order valence-electron chi connectivity index (χ4n) is 3.43. The van der Waals surface area contributed by atoms with Crippen molar-refractivity contribution in [3.8, 4) is 0 Å². The molecule has 2 saturated carbocycles. The molecular weight excluding hydrogens is 376 g/mol. The van der Waals surface area contributed by atoms with Crippen LogP contribution < -0.4 is 0 Å². The van der Waals surface area contributed by atoms with E-state index in [0.29, 0.717) is 12.8 Å². The van der Waals surface area contributed by atoms with Crippen molar-refractivity contribution in [2.24, 2.45) is 17.8 Å². The van der Waals surface area contributed by atoms with Crippen molar-refractivity contribution in [2.75, 3.05) is 0 Å². The van der Waals surface area contributed by atoms with E-state index < -0.39 is 43.0 Å². The van der Waals surface area contributed by atoms with Gasteiger partial charge in [0.15, 0.2) is 9.84 Å². The molecule has 2 fully saturated rings. The van der Waals surface area contributed by atoms with Gasteiger partial charge in [-0.1, -0.05) is 6.42 Å². The third-order valence-corrected chi connectivity index (χ3v) is 6.56. The van der Waals surface area contributed by atoms with Gasteiger partial charge in [-0.2, -0.15) is 26.0 Å². The normalized spacial score (nSPS) is 31.1. The Morgan fingerprint density at radius 2 is 1.54 bits per heavy atom. The lowest BCUT2D eigenvalue weighted by Crippen LogP contribution is -2.52. The Kier molecular flexibility index (Phi) is 4.92. The zero-order valence-electron chi connectivity index (χ0n) is 12.3. The fourth-order valence-corrected chi connectivity index (χ4v) is 4.64. The lowest BCUT2D eigenvalue weighted by atomic mass is 9.84. The minimum atomic E-state index is -6.10. The number of rotatable bonds is 3. The van der Waals surface area contributed by atoms with Gasteiger partial charge in [-0.05, 0) is 43.3 Å². The molecule has 11 heteroatoms. The van der Waals surface area contributed by atoms with Crippen LogP contribution in [0.25, 0.3) is 0 Å². The average Bonchev–Trinajstić information content (AvgIpc) is 3.14. The second kappa shape index (κ2) is 6.10. The number of hydrogen-bond donors (Lipinski definition) is 1. The predicted molar refractivity (Wildman–Crippen MR) is 77.6 cm³/mol. The molecule has 0 spiro atoms. The lowest BCUT2D eigenvalue weighted by molar-refractivity contribution is -0.202. The average molecular weight is 392 g/mol. The SMILES string of the molecule is O=S(=O)(O)C(F)(F)C(F)(F)C1CC2CCC1C2.O=S1(=O)C=CC=C1. The fraction of sp³-hybridized carbons (Fsp3) is 0.692. The third-order valence-electron chi connectivity index (χ3n) is 4.56. The lowest BCUT2D eigenvalue weighted by Gasteiger charge is -2.33. The van der Waals surface area contributed by atoms with Crippen molar-refractivity contribution < 1.29 is 39.0 Å². The quantitative estimate of drug-likeness (QED) is 0.589. The Bertz CT molecular complexity index is 737. The summed E-state index contributed by atoms with van der Waals surface area (Å²) >= 11 is 0. The van der Waals surface area contributed by atoms with E-state index >= 15 is 0 Å². The molecule has 0 aromatic carbocycles. The Hall–Kier alpha value is -0.940. The van der Waals surface area contributed by atoms with Gasteiger partial charge in [0, 0.05) is 16.7 Å². The molecule has 1 aliphatic heterocycles. The van der Waals surface area contributed by atoms with E-state index in [4.69, 9.17) is 4.55 Å². The molecular formula is C13H16F4O5S2. The van der Waals surface area contributed by atoms with Gasteiger partial charge in [-0.15, -0.1) is 0 Å². The number of sulfone groups is 1. The summed E-state index contributed by atoms with van der Waals surface area (Å²) in [5.74, 6) is -6.95. The number of allylic oxidation sites excluding steroid dienone is 2. The van der Waals surface area contributed by atoms with Crippen molar-refractivity contribution in [3.05, 3.63) is 23.0 Å². The summed E-state index contributed by atoms with van der Waals surface area (Å²) in [6, 6.07) is 0. The van der Waals surface area contributed by atoms with E-state index in [0.717, 1.165) is 17.2 Å². The number of halogens is 4. The summed E-state index contributed by atoms with van der Waals surface area (Å²) in [6.07, 6.45) is 4.50. The molecule has 0 aromatic heterocycles. The Balaban J connectivity index is 0.000000249. The van der Waals surface area contributed by atoms with Crippen LogP contribution in [0.4, 0.5) is 17.6 Å². The van der Waals surface area contributed by atoms with Gasteiger partial charge in [-0.25, -0.2) is 8.42 Å². The van der Waals surface area contributed by atoms with E-state index in [1.165, 1.54) is 12.2 Å². The smallest absolute Gasteiger partial charge is 0.281 e. The molecule has 0 aromatic rings. The second-order valence-electron chi connectivity index (χ2n) is 6.14. The third kappa shape index (κ3) is 3.52. The zero-order chi connectivity index (χ0) is 18.4. The van der Waals surface area contributed by atoms with Crippen molar-refractivity contribution in [1.82, 2.24) is 0 Å². The molecule has 24 heavy (non-hydrogen) atoms. The molecule has 0 radical (unpaired) electrons. The molecule has 138 valence electrons. The Morgan fingerprint density at radius 3 is 1.83 bits per heavy atom. The highest BCUT2D eigenvalue weighted by Gasteiger charge is 2.71. The van der Waals surface area contributed by atoms with E-state index in [9.17, 15) is 34.4 Å². The maximum atomic E-state index is 13.6. The van der Waals surface area contributed by atoms with Crippen molar-refractivity contribution in [2.45, 2.75) is 36.9 Å². The first-order chi connectivity index (χ1) is 10.8. The summed E-state index contributed by atoms with van der Waals surface area (Å²) in [6.45, 7) is 0. The highest BCUT2D eigenvalue weighted by molar-refractivity contribution is 7.97. The van der Waals surface area contributed by atoms with Crippen LogP contribution in [0.3, 0.4) is 0 Å². The van der Waals surface area contributed by atoms with Crippen molar-refractivity contribution in [3.63, 3.8) is 0 Å². The van der Waals surface area contributed by atoms with Crippen LogP contribution in [0.1, 0.15) is 25.7 Å². The monoisotopic (exact) mass is 392 g/mol. The van der Waals surface area contributed by atoms with Crippen LogP contribution in [0.2, 0.25) is 0 Å². The van der Waals surface area contributed by atoms with Crippen molar-refractivity contribution >= 4 is 20.0 Å². The standard InChI is InChI=1S/C9H12F4O3S.C4H4O2S/c10-8(11,9(12,13)17(14,15)16)7-4-5-1-2-6(7)3-5;5-7(6)3-1-2-4-7/h5-7H,1-4H2,(H,14,15,16);1-4H. The predicted octanol–water partition coefficient (Wildman–Crippen LogP) is 2.98. The molecule has 3 unspecified atom stereocenters. The first-order valence-corrected chi connectivity index (χ1v) is 10.2. The van der Waals surface area contributed by atoms with Crippen LogP contribution in [0, 0.1) is 17.8 Å². The minimum absolute atomic E-state index is 0.0203. The summed E-state index contributed by atoms with van der Waals surface area (Å²) in [5, 5.41) is -3.09. The van der Waals surface area contributed by atoms with Crippen molar-refractivity contribution in [1.29, 1.82) is 0 Å². The van der Waals surface area contributed by atoms with Gasteiger partial charge in [-0.3, -0.25) is 4.55 Å². The van der Waals surface area contributed by atoms with Gasteiger partial charge in [0.05, 0.1) is 0 Å². The summed E-state index contributed by atoms with van der Waals surface area (Å²) in [4.78, 5) is 0. The second-order valence-corrected chi connectivity index (χ2v) is 9.33. The molecule has 0 saturated heterocycles. The van der Waals surface area contributed by atoms with E-state index in [1.54, 1.807) is 0 Å². The molecule has 2 aliphatic carbocycles. The highest BCUT2D eigenvalue weighted by atomic mass is 32.2. The van der Waals surface area contributed by atoms with Crippen LogP contribution >= 0.6 is 0 Å². The van der Waals surface area contributed by atoms with Crippen LogP contribution in [0.5, 0.6) is 0 Å². The topological polar surface area (TPSA) is 88.5 Å². The number of hydrogen-bond acceptors (Lipinski definition) is 4. The molecule has 1 N–H and O–H groups in total. The minimum Gasteiger partial charge on any atom is -0.281 e. The van der Waals surface area contributed by atoms with Gasteiger partial charge in [0.25, 0.3) is 0 Å². The van der Waals surface area contributed by atoms with Gasteiger partial charge in [0.2, 0.25) is 0 Å². The molecule has 1 heterocycles. The van der Waals surface area contributed by atoms with Crippen LogP contribution in [-0.4, -0.2) is 32.6 Å². The Labute approximate surface area is 137 Å². The molecule has 3 aliphatic rings. The van der Waals surface area contributed by atoms with Gasteiger partial charge in [0.1, 0.15) is 0 Å². The maximum absolute atomic E-state index is 13.6. The first-order valence-electron chi connectivity index (χ1n) is 7.10. The Morgan fingerprint density at radius 1 is 1.00 bits per heavy atom. The highest BCUT2D eigenvalue weighted by Crippen LogP contribution is 2.58. The molecule has 3 atom stereocenters. The zero-order valence-corrected chi connectivity index (χ0v) is 13.9. The summed E-state index contributed by atoms with van der Waals surface area (Å²) in [7, 11) is -9.01. The summed E-state index contributed by atoms with van der Waals surface area (Å²) in [5.41, 5.74) is 0. The first kappa shape index (κ1) is 19.4. The van der Waals surface area contributed by atoms with E-state index in [2.05, 4.69) is 0 Å². The van der Waals surface area contributed by atoms with Crippen LogP contribution in [0.15, 0.2) is 23.0 Å². The number of fused-ring (bicyclic) bond motifs is 2. The molecule has 5 nitrogen and oxygen atoms in total. The van der Waals surface area contributed by atoms with Gasteiger partial charge >= 0.3 is 21.3 Å². The molecule has 0 amide bonds. The molecule has 2 bridgehead atoms. The van der Waals surface area contributed by atoms with Crippen LogP contribution in [-0.2, 0) is 20.0 Å². The van der Waals surface area contributed by atoms with Gasteiger partial charge < -0.3 is 0 Å². The summed E-state index contributed by atoms with van der Waals surface area (Å²) < 4.78 is 103. The number of alkyl halides is 4. The van der Waals surface area contributed by atoms with E-state index in [1.807, 2.05) is 0 Å². The molecule has 3 rings (SSSR count). The largest absolute Gasteiger partial charge is 0.431 e.